The number of nitriles is 1. The SMILES string of the molecule is CC(C)c1cc(Br)cc(C(C)C)c1N.CC(C)c1cc(C#N)cc(C(C)C)c1N. The molecule has 0 radical (unpaired) electrons. The van der Waals surface area contributed by atoms with Crippen molar-refractivity contribution >= 4 is 27.3 Å². The highest BCUT2D eigenvalue weighted by Gasteiger charge is 2.13. The molecule has 0 aliphatic heterocycles. The first-order valence-electron chi connectivity index (χ1n) is 10.3. The lowest BCUT2D eigenvalue weighted by molar-refractivity contribution is 0.838. The predicted octanol–water partition coefficient (Wildman–Crippen LogP) is 7.67. The van der Waals surface area contributed by atoms with Crippen LogP contribution in [0.3, 0.4) is 0 Å². The number of hydrogen-bond donors (Lipinski definition) is 2. The summed E-state index contributed by atoms with van der Waals surface area (Å²) in [4.78, 5) is 0. The summed E-state index contributed by atoms with van der Waals surface area (Å²) in [5.74, 6) is 1.67. The minimum Gasteiger partial charge on any atom is -0.398 e. The smallest absolute Gasteiger partial charge is 0.0991 e. The fraction of sp³-hybridized carbons (Fsp3) is 0.480. The molecule has 0 aromatic heterocycles. The van der Waals surface area contributed by atoms with Crippen LogP contribution in [0.2, 0.25) is 0 Å². The van der Waals surface area contributed by atoms with E-state index in [1.165, 1.54) is 11.1 Å². The Hall–Kier alpha value is -1.99. The molecule has 0 spiro atoms. The van der Waals surface area contributed by atoms with Gasteiger partial charge in [0, 0.05) is 15.8 Å². The van der Waals surface area contributed by atoms with Gasteiger partial charge in [-0.2, -0.15) is 5.26 Å². The molecule has 0 saturated heterocycles. The highest BCUT2D eigenvalue weighted by Crippen LogP contribution is 2.33. The van der Waals surface area contributed by atoms with Crippen molar-refractivity contribution in [2.45, 2.75) is 79.1 Å². The summed E-state index contributed by atoms with van der Waals surface area (Å²) < 4.78 is 1.12. The van der Waals surface area contributed by atoms with Crippen molar-refractivity contribution < 1.29 is 0 Å². The second-order valence-electron chi connectivity index (χ2n) is 8.80. The third-order valence-electron chi connectivity index (χ3n) is 5.07. The Balaban J connectivity index is 0.000000291. The highest BCUT2D eigenvalue weighted by atomic mass is 79.9. The third-order valence-corrected chi connectivity index (χ3v) is 5.53. The largest absolute Gasteiger partial charge is 0.398 e. The molecule has 0 atom stereocenters. The van der Waals surface area contributed by atoms with Crippen molar-refractivity contribution in [3.05, 3.63) is 56.6 Å². The van der Waals surface area contributed by atoms with E-state index in [2.05, 4.69) is 89.5 Å². The number of benzene rings is 2. The van der Waals surface area contributed by atoms with Gasteiger partial charge in [0.25, 0.3) is 0 Å². The summed E-state index contributed by atoms with van der Waals surface area (Å²) in [7, 11) is 0. The van der Waals surface area contributed by atoms with Gasteiger partial charge in [0.15, 0.2) is 0 Å². The topological polar surface area (TPSA) is 75.8 Å². The van der Waals surface area contributed by atoms with Gasteiger partial charge >= 0.3 is 0 Å². The second-order valence-corrected chi connectivity index (χ2v) is 9.71. The van der Waals surface area contributed by atoms with Gasteiger partial charge in [0.05, 0.1) is 11.6 Å². The summed E-state index contributed by atoms with van der Waals surface area (Å²) in [6, 6.07) is 10.2. The molecule has 2 aromatic rings. The first kappa shape index (κ1) is 25.0. The van der Waals surface area contributed by atoms with E-state index in [9.17, 15) is 0 Å². The van der Waals surface area contributed by atoms with Crippen LogP contribution < -0.4 is 11.5 Å². The molecule has 0 unspecified atom stereocenters. The first-order chi connectivity index (χ1) is 13.4. The van der Waals surface area contributed by atoms with E-state index in [1.807, 2.05) is 12.1 Å². The van der Waals surface area contributed by atoms with Gasteiger partial charge in [-0.3, -0.25) is 0 Å². The Morgan fingerprint density at radius 2 is 0.931 bits per heavy atom. The van der Waals surface area contributed by atoms with Crippen LogP contribution in [-0.4, -0.2) is 0 Å². The van der Waals surface area contributed by atoms with Crippen LogP contribution in [0.1, 0.15) is 107 Å². The second kappa shape index (κ2) is 10.7. The highest BCUT2D eigenvalue weighted by molar-refractivity contribution is 9.10. The maximum absolute atomic E-state index is 8.95. The molecule has 0 heterocycles. The van der Waals surface area contributed by atoms with Crippen LogP contribution in [0.5, 0.6) is 0 Å². The number of rotatable bonds is 4. The van der Waals surface area contributed by atoms with Crippen LogP contribution >= 0.6 is 15.9 Å². The summed E-state index contributed by atoms with van der Waals surface area (Å²) >= 11 is 3.53. The summed E-state index contributed by atoms with van der Waals surface area (Å²) in [6.07, 6.45) is 0. The van der Waals surface area contributed by atoms with Crippen LogP contribution in [0.25, 0.3) is 0 Å². The summed E-state index contributed by atoms with van der Waals surface area (Å²) in [5.41, 5.74) is 19.4. The molecule has 2 rings (SSSR count). The summed E-state index contributed by atoms with van der Waals surface area (Å²) in [5, 5.41) is 8.95. The zero-order valence-electron chi connectivity index (χ0n) is 19.1. The van der Waals surface area contributed by atoms with Crippen LogP contribution in [0, 0.1) is 11.3 Å². The monoisotopic (exact) mass is 457 g/mol. The lowest BCUT2D eigenvalue weighted by atomic mass is 9.91. The molecular weight excluding hydrogens is 422 g/mol. The number of nitrogens with zero attached hydrogens (tertiary/aromatic N) is 1. The quantitative estimate of drug-likeness (QED) is 0.462. The fourth-order valence-corrected chi connectivity index (χ4v) is 3.83. The maximum atomic E-state index is 8.95. The average Bonchev–Trinajstić information content (AvgIpc) is 2.63. The van der Waals surface area contributed by atoms with Gasteiger partial charge in [-0.15, -0.1) is 0 Å². The molecule has 0 aliphatic carbocycles. The first-order valence-corrected chi connectivity index (χ1v) is 11.1. The summed E-state index contributed by atoms with van der Waals surface area (Å²) in [6.45, 7) is 17.1. The molecule has 0 fully saturated rings. The van der Waals surface area contributed by atoms with E-state index in [0.717, 1.165) is 27.0 Å². The van der Waals surface area contributed by atoms with Crippen molar-refractivity contribution in [1.82, 2.24) is 0 Å². The number of halogens is 1. The Labute approximate surface area is 185 Å². The van der Waals surface area contributed by atoms with E-state index >= 15 is 0 Å². The third kappa shape index (κ3) is 6.51. The zero-order valence-corrected chi connectivity index (χ0v) is 20.7. The Morgan fingerprint density at radius 3 is 1.17 bits per heavy atom. The fourth-order valence-electron chi connectivity index (χ4n) is 3.34. The minimum atomic E-state index is 0.357. The van der Waals surface area contributed by atoms with Crippen molar-refractivity contribution in [3.8, 4) is 6.07 Å². The Kier molecular flexibility index (Phi) is 9.23. The standard InChI is InChI=1S/C13H18N2.C12H18BrN/c1-8(2)11-5-10(7-14)6-12(9(3)4)13(11)15;1-7(2)10-5-9(13)6-11(8(3)4)12(10)14/h5-6,8-9H,15H2,1-4H3;5-8H,14H2,1-4H3. The molecule has 0 amide bonds. The van der Waals surface area contributed by atoms with Crippen LogP contribution in [-0.2, 0) is 0 Å². The maximum Gasteiger partial charge on any atom is 0.0991 e. The molecule has 2 aromatic carbocycles. The van der Waals surface area contributed by atoms with Gasteiger partial charge < -0.3 is 11.5 Å². The van der Waals surface area contributed by atoms with Crippen LogP contribution in [0.15, 0.2) is 28.7 Å². The van der Waals surface area contributed by atoms with Crippen molar-refractivity contribution in [3.63, 3.8) is 0 Å². The van der Waals surface area contributed by atoms with E-state index in [0.29, 0.717) is 29.2 Å². The Morgan fingerprint density at radius 1 is 0.655 bits per heavy atom. The van der Waals surface area contributed by atoms with Crippen molar-refractivity contribution in [2.24, 2.45) is 0 Å². The number of nitrogens with two attached hydrogens (primary N) is 2. The number of anilines is 2. The number of hydrogen-bond acceptors (Lipinski definition) is 3. The lowest BCUT2D eigenvalue weighted by Crippen LogP contribution is -2.04. The molecular formula is C25H36BrN3. The molecule has 3 nitrogen and oxygen atoms in total. The molecule has 0 aliphatic rings. The number of nitrogen functional groups attached to an aromatic ring is 2. The minimum absolute atomic E-state index is 0.357. The average molecular weight is 458 g/mol. The van der Waals surface area contributed by atoms with Crippen molar-refractivity contribution in [2.75, 3.05) is 11.5 Å². The van der Waals surface area contributed by atoms with E-state index in [4.69, 9.17) is 16.7 Å². The molecule has 0 saturated carbocycles. The van der Waals surface area contributed by atoms with Crippen LogP contribution in [0.4, 0.5) is 11.4 Å². The normalized spacial score (nSPS) is 11.0. The van der Waals surface area contributed by atoms with E-state index in [1.54, 1.807) is 0 Å². The van der Waals surface area contributed by atoms with Gasteiger partial charge in [-0.1, -0.05) is 71.3 Å². The molecule has 4 N–H and O–H groups in total. The van der Waals surface area contributed by atoms with Crippen molar-refractivity contribution in [1.29, 1.82) is 5.26 Å². The Bertz CT molecular complexity index is 816. The van der Waals surface area contributed by atoms with Gasteiger partial charge in [0.2, 0.25) is 0 Å². The van der Waals surface area contributed by atoms with E-state index in [-0.39, 0.29) is 0 Å². The molecule has 158 valence electrons. The predicted molar refractivity (Wildman–Crippen MR) is 130 cm³/mol. The van der Waals surface area contributed by atoms with Gasteiger partial charge in [0.1, 0.15) is 0 Å². The molecule has 4 heteroatoms. The molecule has 29 heavy (non-hydrogen) atoms. The lowest BCUT2D eigenvalue weighted by Gasteiger charge is -2.16. The zero-order chi connectivity index (χ0) is 22.5. The van der Waals surface area contributed by atoms with Gasteiger partial charge in [-0.05, 0) is 70.2 Å². The van der Waals surface area contributed by atoms with Gasteiger partial charge in [-0.25, -0.2) is 0 Å². The molecule has 0 bridgehead atoms. The van der Waals surface area contributed by atoms with E-state index < -0.39 is 0 Å².